The third-order valence-electron chi connectivity index (χ3n) is 13.8. The van der Waals surface area contributed by atoms with E-state index in [1.807, 2.05) is 72.0 Å². The van der Waals surface area contributed by atoms with Gasteiger partial charge in [0.15, 0.2) is 17.5 Å². The van der Waals surface area contributed by atoms with Crippen LogP contribution >= 0.6 is 11.3 Å². The quantitative estimate of drug-likeness (QED) is 0.173. The van der Waals surface area contributed by atoms with Crippen LogP contribution in [0.1, 0.15) is 0 Å². The average molecular weight is 871 g/mol. The zero-order valence-corrected chi connectivity index (χ0v) is 36.6. The van der Waals surface area contributed by atoms with E-state index >= 15 is 0 Å². The summed E-state index contributed by atoms with van der Waals surface area (Å²) in [5, 5.41) is 9.67. The molecule has 0 fully saturated rings. The molecule has 0 N–H and O–H groups in total. The maximum absolute atomic E-state index is 6.62. The first-order chi connectivity index (χ1) is 33.2. The summed E-state index contributed by atoms with van der Waals surface area (Å²) >= 11 is 1.81. The van der Waals surface area contributed by atoms with Gasteiger partial charge in [0.05, 0.1) is 11.0 Å². The van der Waals surface area contributed by atoms with E-state index in [-0.39, 0.29) is 0 Å². The van der Waals surface area contributed by atoms with Crippen molar-refractivity contribution >= 4 is 86.0 Å². The first kappa shape index (κ1) is 36.6. The van der Waals surface area contributed by atoms with E-state index in [4.69, 9.17) is 19.4 Å². The standard InChI is InChI=1S/C61H34N4OS/c1-3-12-35(13-4-1)59-62-60(36-14-5-2-6-15-36)64-61(63-59)39-24-28-55-47(32-39)48-33-40(25-29-56(48)67-55)65-51-21-10-9-18-43(51)46-30-37(22-26-52(46)65)38-23-27-53-50(31-38)58-45-20-11-19-44-41-16-7-8-17-42(41)49(57(44)45)34-54(58)66-53/h1-34H. The Morgan fingerprint density at radius 3 is 1.67 bits per heavy atom. The normalized spacial score (nSPS) is 12.2. The van der Waals surface area contributed by atoms with Crippen LogP contribution in [0.4, 0.5) is 0 Å². The van der Waals surface area contributed by atoms with E-state index in [0.29, 0.717) is 17.5 Å². The molecule has 1 aliphatic carbocycles. The lowest BCUT2D eigenvalue weighted by Gasteiger charge is -2.10. The lowest BCUT2D eigenvalue weighted by molar-refractivity contribution is 0.669. The molecule has 0 aliphatic heterocycles. The molecular weight excluding hydrogens is 837 g/mol. The number of thiophene rings is 1. The Kier molecular flexibility index (Phi) is 7.59. The van der Waals surface area contributed by atoms with Gasteiger partial charge in [0.25, 0.3) is 0 Å². The van der Waals surface area contributed by atoms with Crippen LogP contribution in [0.15, 0.2) is 211 Å². The maximum atomic E-state index is 6.62. The number of rotatable bonds is 5. The van der Waals surface area contributed by atoms with Crippen molar-refractivity contribution in [3.05, 3.63) is 206 Å². The van der Waals surface area contributed by atoms with Crippen LogP contribution in [-0.4, -0.2) is 19.5 Å². The Morgan fingerprint density at radius 2 is 0.896 bits per heavy atom. The van der Waals surface area contributed by atoms with Gasteiger partial charge in [-0.15, -0.1) is 11.3 Å². The van der Waals surface area contributed by atoms with E-state index in [9.17, 15) is 0 Å². The molecule has 1 aliphatic rings. The van der Waals surface area contributed by atoms with Crippen molar-refractivity contribution in [1.29, 1.82) is 0 Å². The van der Waals surface area contributed by atoms with Crippen molar-refractivity contribution in [3.63, 3.8) is 0 Å². The Hall–Kier alpha value is -8.71. The van der Waals surface area contributed by atoms with Crippen molar-refractivity contribution in [3.8, 4) is 73.2 Å². The lowest BCUT2D eigenvalue weighted by atomic mass is 9.96. The first-order valence-electron chi connectivity index (χ1n) is 22.6. The van der Waals surface area contributed by atoms with Crippen LogP contribution in [0.5, 0.6) is 0 Å². The zero-order chi connectivity index (χ0) is 43.7. The third kappa shape index (κ3) is 5.45. The highest BCUT2D eigenvalue weighted by Crippen LogP contribution is 2.51. The summed E-state index contributed by atoms with van der Waals surface area (Å²) in [7, 11) is 0. The van der Waals surface area contributed by atoms with Crippen molar-refractivity contribution in [2.75, 3.05) is 0 Å². The maximum Gasteiger partial charge on any atom is 0.164 e. The molecule has 0 radical (unpaired) electrons. The summed E-state index contributed by atoms with van der Waals surface area (Å²) in [6.45, 7) is 0. The second-order valence-corrected chi connectivity index (χ2v) is 18.6. The second-order valence-electron chi connectivity index (χ2n) is 17.5. The Morgan fingerprint density at radius 1 is 0.328 bits per heavy atom. The molecule has 0 saturated carbocycles. The van der Waals surface area contributed by atoms with Gasteiger partial charge in [-0.1, -0.05) is 133 Å². The molecule has 15 rings (SSSR count). The van der Waals surface area contributed by atoms with Crippen molar-refractivity contribution in [2.45, 2.75) is 0 Å². The average Bonchev–Trinajstić information content (AvgIpc) is 4.14. The van der Waals surface area contributed by atoms with Crippen LogP contribution in [0.3, 0.4) is 0 Å². The van der Waals surface area contributed by atoms with Gasteiger partial charge in [-0.25, -0.2) is 15.0 Å². The number of hydrogen-bond acceptors (Lipinski definition) is 5. The van der Waals surface area contributed by atoms with E-state index in [0.717, 1.165) is 50.0 Å². The highest BCUT2D eigenvalue weighted by molar-refractivity contribution is 7.25. The number of benzene rings is 10. The van der Waals surface area contributed by atoms with Crippen LogP contribution in [0, 0.1) is 0 Å². The van der Waals surface area contributed by atoms with Crippen LogP contribution in [-0.2, 0) is 0 Å². The molecule has 5 nitrogen and oxygen atoms in total. The van der Waals surface area contributed by atoms with Gasteiger partial charge in [-0.3, -0.25) is 0 Å². The topological polar surface area (TPSA) is 56.7 Å². The fraction of sp³-hybridized carbons (Fsp3) is 0. The molecule has 310 valence electrons. The number of hydrogen-bond donors (Lipinski definition) is 0. The SMILES string of the molecule is c1ccc(-c2nc(-c3ccccc3)nc(-c3ccc4sc5ccc(-n6c7ccccc7c7cc(-c8ccc9oc%10cc%11c%12c(cccc%12c%10c9c8)-c8ccccc8-%11)ccc76)cc5c4c3)n2)cc1. The Bertz CT molecular complexity index is 4330. The van der Waals surface area contributed by atoms with Crippen molar-refractivity contribution in [2.24, 2.45) is 0 Å². The van der Waals surface area contributed by atoms with E-state index < -0.39 is 0 Å². The number of nitrogens with zero attached hydrogens (tertiary/aromatic N) is 4. The highest BCUT2D eigenvalue weighted by Gasteiger charge is 2.25. The van der Waals surface area contributed by atoms with Crippen molar-refractivity contribution < 1.29 is 4.42 Å². The van der Waals surface area contributed by atoms with Gasteiger partial charge in [-0.2, -0.15) is 0 Å². The Labute approximate surface area is 387 Å². The van der Waals surface area contributed by atoms with E-state index in [1.165, 1.54) is 80.4 Å². The Balaban J connectivity index is 0.859. The molecule has 0 bridgehead atoms. The molecule has 10 aromatic carbocycles. The van der Waals surface area contributed by atoms with E-state index in [1.54, 1.807) is 0 Å². The van der Waals surface area contributed by atoms with Gasteiger partial charge in [0.1, 0.15) is 11.2 Å². The zero-order valence-electron chi connectivity index (χ0n) is 35.7. The number of furan rings is 1. The van der Waals surface area contributed by atoms with Gasteiger partial charge in [0, 0.05) is 64.1 Å². The minimum atomic E-state index is 0.649. The summed E-state index contributed by atoms with van der Waals surface area (Å²) < 4.78 is 11.5. The van der Waals surface area contributed by atoms with Gasteiger partial charge >= 0.3 is 0 Å². The molecule has 0 amide bonds. The van der Waals surface area contributed by atoms with Gasteiger partial charge < -0.3 is 8.98 Å². The molecule has 0 atom stereocenters. The summed E-state index contributed by atoms with van der Waals surface area (Å²) in [5.74, 6) is 1.95. The minimum Gasteiger partial charge on any atom is -0.456 e. The minimum absolute atomic E-state index is 0.649. The molecule has 0 saturated heterocycles. The van der Waals surface area contributed by atoms with Gasteiger partial charge in [0.2, 0.25) is 0 Å². The number of para-hydroxylation sites is 1. The van der Waals surface area contributed by atoms with Crippen LogP contribution in [0.25, 0.3) is 148 Å². The monoisotopic (exact) mass is 870 g/mol. The summed E-state index contributed by atoms with van der Waals surface area (Å²) in [6, 6.07) is 73.8. The van der Waals surface area contributed by atoms with Crippen LogP contribution < -0.4 is 0 Å². The molecular formula is C61H34N4OS. The third-order valence-corrected chi connectivity index (χ3v) is 14.9. The summed E-state index contributed by atoms with van der Waals surface area (Å²) in [5.41, 5.74) is 15.6. The summed E-state index contributed by atoms with van der Waals surface area (Å²) in [4.78, 5) is 15.0. The lowest BCUT2D eigenvalue weighted by Crippen LogP contribution is -2.00. The fourth-order valence-electron chi connectivity index (χ4n) is 10.7. The largest absolute Gasteiger partial charge is 0.456 e. The molecule has 6 heteroatoms. The molecule has 0 spiro atoms. The van der Waals surface area contributed by atoms with Gasteiger partial charge in [-0.05, 0) is 117 Å². The number of aromatic nitrogens is 4. The second kappa shape index (κ2) is 13.9. The first-order valence-corrected chi connectivity index (χ1v) is 23.4. The predicted octanol–water partition coefficient (Wildman–Crippen LogP) is 16.7. The van der Waals surface area contributed by atoms with E-state index in [2.05, 4.69) is 150 Å². The molecule has 14 aromatic rings. The van der Waals surface area contributed by atoms with Crippen LogP contribution in [0.2, 0.25) is 0 Å². The predicted molar refractivity (Wildman–Crippen MR) is 278 cm³/mol. The van der Waals surface area contributed by atoms with Crippen molar-refractivity contribution in [1.82, 2.24) is 19.5 Å². The fourth-order valence-corrected chi connectivity index (χ4v) is 11.8. The summed E-state index contributed by atoms with van der Waals surface area (Å²) in [6.07, 6.45) is 0. The molecule has 4 heterocycles. The highest BCUT2D eigenvalue weighted by atomic mass is 32.1. The molecule has 4 aromatic heterocycles. The number of fused-ring (bicyclic) bond motifs is 13. The molecule has 67 heavy (non-hydrogen) atoms. The smallest absolute Gasteiger partial charge is 0.164 e. The molecule has 0 unspecified atom stereocenters.